The number of rotatable bonds is 8. The number of carboxylic acids is 1. The van der Waals surface area contributed by atoms with Crippen LogP contribution in [0.15, 0.2) is 0 Å². The van der Waals surface area contributed by atoms with E-state index in [1.54, 1.807) is 0 Å². The lowest BCUT2D eigenvalue weighted by molar-refractivity contribution is -0.140. The van der Waals surface area contributed by atoms with Crippen LogP contribution in [0.4, 0.5) is 0 Å². The molecule has 0 aromatic heterocycles. The standard InChI is InChI=1S/C14H27NO2/c1-3-11(2)13(14(16)17)15-10-6-9-12-7-4-5-8-12/h11-13,15H,3-10H2,1-2H3,(H,16,17)/t11-,13-/m0/s1. The van der Waals surface area contributed by atoms with Crippen molar-refractivity contribution in [1.29, 1.82) is 0 Å². The Hall–Kier alpha value is -0.570. The Labute approximate surface area is 105 Å². The molecule has 1 aliphatic carbocycles. The summed E-state index contributed by atoms with van der Waals surface area (Å²) < 4.78 is 0. The summed E-state index contributed by atoms with van der Waals surface area (Å²) in [5, 5.41) is 12.3. The monoisotopic (exact) mass is 241 g/mol. The molecule has 1 aliphatic rings. The van der Waals surface area contributed by atoms with Gasteiger partial charge in [-0.15, -0.1) is 0 Å². The molecule has 0 aromatic carbocycles. The molecule has 0 amide bonds. The van der Waals surface area contributed by atoms with Crippen molar-refractivity contribution in [2.24, 2.45) is 11.8 Å². The topological polar surface area (TPSA) is 49.3 Å². The highest BCUT2D eigenvalue weighted by molar-refractivity contribution is 5.73. The van der Waals surface area contributed by atoms with E-state index in [9.17, 15) is 4.79 Å². The van der Waals surface area contributed by atoms with Crippen LogP contribution in [0, 0.1) is 11.8 Å². The first-order chi connectivity index (χ1) is 8.15. The molecule has 3 heteroatoms. The van der Waals surface area contributed by atoms with Gasteiger partial charge in [-0.25, -0.2) is 0 Å². The number of carboxylic acid groups (broad SMARTS) is 1. The zero-order valence-electron chi connectivity index (χ0n) is 11.2. The number of aliphatic carboxylic acids is 1. The highest BCUT2D eigenvalue weighted by Crippen LogP contribution is 2.28. The van der Waals surface area contributed by atoms with E-state index < -0.39 is 5.97 Å². The van der Waals surface area contributed by atoms with Gasteiger partial charge in [0.2, 0.25) is 0 Å². The summed E-state index contributed by atoms with van der Waals surface area (Å²) in [6.07, 6.45) is 8.84. The van der Waals surface area contributed by atoms with Gasteiger partial charge in [0.25, 0.3) is 0 Å². The lowest BCUT2D eigenvalue weighted by atomic mass is 9.98. The maximum atomic E-state index is 11.1. The van der Waals surface area contributed by atoms with Crippen molar-refractivity contribution in [2.75, 3.05) is 6.54 Å². The minimum atomic E-state index is -0.708. The van der Waals surface area contributed by atoms with E-state index in [4.69, 9.17) is 5.11 Å². The molecule has 2 atom stereocenters. The minimum Gasteiger partial charge on any atom is -0.480 e. The molecule has 1 rings (SSSR count). The molecule has 0 spiro atoms. The number of hydrogen-bond acceptors (Lipinski definition) is 2. The zero-order valence-corrected chi connectivity index (χ0v) is 11.2. The molecule has 1 fully saturated rings. The number of carbonyl (C=O) groups is 1. The van der Waals surface area contributed by atoms with Crippen LogP contribution >= 0.6 is 0 Å². The van der Waals surface area contributed by atoms with E-state index in [0.29, 0.717) is 0 Å². The number of hydrogen-bond donors (Lipinski definition) is 2. The number of nitrogens with one attached hydrogen (secondary N) is 1. The second kappa shape index (κ2) is 7.70. The van der Waals surface area contributed by atoms with Gasteiger partial charge in [-0.05, 0) is 31.2 Å². The van der Waals surface area contributed by atoms with Crippen LogP contribution < -0.4 is 5.32 Å². The maximum Gasteiger partial charge on any atom is 0.320 e. The molecule has 1 saturated carbocycles. The van der Waals surface area contributed by atoms with E-state index in [1.165, 1.54) is 32.1 Å². The van der Waals surface area contributed by atoms with E-state index in [-0.39, 0.29) is 12.0 Å². The fourth-order valence-electron chi connectivity index (χ4n) is 2.71. The average molecular weight is 241 g/mol. The first-order valence-electron chi connectivity index (χ1n) is 7.11. The summed E-state index contributed by atoms with van der Waals surface area (Å²) in [7, 11) is 0. The molecule has 0 aromatic rings. The molecule has 0 radical (unpaired) electrons. The Bertz CT molecular complexity index is 224. The smallest absolute Gasteiger partial charge is 0.320 e. The second-order valence-electron chi connectivity index (χ2n) is 5.45. The van der Waals surface area contributed by atoms with Crippen LogP contribution in [0.2, 0.25) is 0 Å². The summed E-state index contributed by atoms with van der Waals surface area (Å²) in [4.78, 5) is 11.1. The Kier molecular flexibility index (Phi) is 6.56. The lowest BCUT2D eigenvalue weighted by Crippen LogP contribution is -2.42. The van der Waals surface area contributed by atoms with Crippen molar-refractivity contribution < 1.29 is 9.90 Å². The van der Waals surface area contributed by atoms with Crippen molar-refractivity contribution in [3.63, 3.8) is 0 Å². The molecule has 0 bridgehead atoms. The fourth-order valence-corrected chi connectivity index (χ4v) is 2.71. The average Bonchev–Trinajstić information content (AvgIpc) is 2.80. The van der Waals surface area contributed by atoms with Crippen molar-refractivity contribution >= 4 is 5.97 Å². The Morgan fingerprint density at radius 1 is 1.41 bits per heavy atom. The molecule has 2 N–H and O–H groups in total. The second-order valence-corrected chi connectivity index (χ2v) is 5.45. The Morgan fingerprint density at radius 3 is 2.59 bits per heavy atom. The molecular formula is C14H27NO2. The van der Waals surface area contributed by atoms with Crippen LogP contribution in [-0.4, -0.2) is 23.7 Å². The largest absolute Gasteiger partial charge is 0.480 e. The van der Waals surface area contributed by atoms with E-state index in [1.807, 2.05) is 13.8 Å². The Morgan fingerprint density at radius 2 is 2.06 bits per heavy atom. The van der Waals surface area contributed by atoms with E-state index in [0.717, 1.165) is 25.3 Å². The van der Waals surface area contributed by atoms with Crippen molar-refractivity contribution in [3.8, 4) is 0 Å². The normalized spacial score (nSPS) is 20.4. The van der Waals surface area contributed by atoms with Gasteiger partial charge in [-0.1, -0.05) is 46.0 Å². The van der Waals surface area contributed by atoms with Crippen LogP contribution in [0.25, 0.3) is 0 Å². The van der Waals surface area contributed by atoms with Crippen molar-refractivity contribution in [3.05, 3.63) is 0 Å². The third-order valence-corrected chi connectivity index (χ3v) is 4.11. The molecule has 3 nitrogen and oxygen atoms in total. The molecule has 0 saturated heterocycles. The predicted octanol–water partition coefficient (Wildman–Crippen LogP) is 3.05. The van der Waals surface area contributed by atoms with Gasteiger partial charge in [-0.2, -0.15) is 0 Å². The predicted molar refractivity (Wildman–Crippen MR) is 70.1 cm³/mol. The van der Waals surface area contributed by atoms with Gasteiger partial charge in [0, 0.05) is 0 Å². The van der Waals surface area contributed by atoms with E-state index in [2.05, 4.69) is 5.32 Å². The summed E-state index contributed by atoms with van der Waals surface area (Å²) in [6.45, 7) is 4.89. The van der Waals surface area contributed by atoms with Crippen molar-refractivity contribution in [2.45, 2.75) is 64.8 Å². The van der Waals surface area contributed by atoms with Gasteiger partial charge in [0.15, 0.2) is 0 Å². The van der Waals surface area contributed by atoms with Crippen LogP contribution in [-0.2, 0) is 4.79 Å². The lowest BCUT2D eigenvalue weighted by Gasteiger charge is -2.20. The first kappa shape index (κ1) is 14.5. The molecule has 17 heavy (non-hydrogen) atoms. The molecule has 0 heterocycles. The summed E-state index contributed by atoms with van der Waals surface area (Å²) in [5.74, 6) is 0.405. The Balaban J connectivity index is 2.15. The maximum absolute atomic E-state index is 11.1. The van der Waals surface area contributed by atoms with Crippen LogP contribution in [0.1, 0.15) is 58.8 Å². The van der Waals surface area contributed by atoms with Gasteiger partial charge in [0.05, 0.1) is 0 Å². The molecule has 100 valence electrons. The summed E-state index contributed by atoms with van der Waals surface area (Å²) in [6, 6.07) is -0.372. The molecule has 0 unspecified atom stereocenters. The fraction of sp³-hybridized carbons (Fsp3) is 0.929. The van der Waals surface area contributed by atoms with Gasteiger partial charge in [0.1, 0.15) is 6.04 Å². The van der Waals surface area contributed by atoms with Gasteiger partial charge < -0.3 is 10.4 Å². The zero-order chi connectivity index (χ0) is 12.7. The van der Waals surface area contributed by atoms with Gasteiger partial charge >= 0.3 is 5.97 Å². The van der Waals surface area contributed by atoms with E-state index >= 15 is 0 Å². The SMILES string of the molecule is CC[C@H](C)[C@H](NCCCC1CCCC1)C(=O)O. The minimum absolute atomic E-state index is 0.207. The highest BCUT2D eigenvalue weighted by atomic mass is 16.4. The highest BCUT2D eigenvalue weighted by Gasteiger charge is 2.22. The molecular weight excluding hydrogens is 214 g/mol. The van der Waals surface area contributed by atoms with Gasteiger partial charge in [-0.3, -0.25) is 4.79 Å². The quantitative estimate of drug-likeness (QED) is 0.642. The third-order valence-electron chi connectivity index (χ3n) is 4.11. The van der Waals surface area contributed by atoms with Crippen LogP contribution in [0.5, 0.6) is 0 Å². The molecule has 0 aliphatic heterocycles. The van der Waals surface area contributed by atoms with Crippen molar-refractivity contribution in [1.82, 2.24) is 5.32 Å². The first-order valence-corrected chi connectivity index (χ1v) is 7.11. The van der Waals surface area contributed by atoms with Crippen LogP contribution in [0.3, 0.4) is 0 Å². The summed E-state index contributed by atoms with van der Waals surface area (Å²) in [5.41, 5.74) is 0. The summed E-state index contributed by atoms with van der Waals surface area (Å²) >= 11 is 0. The third kappa shape index (κ3) is 5.07.